The van der Waals surface area contributed by atoms with E-state index in [2.05, 4.69) is 10.4 Å². The van der Waals surface area contributed by atoms with Crippen LogP contribution < -0.4 is 5.32 Å². The summed E-state index contributed by atoms with van der Waals surface area (Å²) in [5, 5.41) is 8.27. The van der Waals surface area contributed by atoms with E-state index in [1.165, 1.54) is 29.3 Å². The first-order chi connectivity index (χ1) is 15.2. The Bertz CT molecular complexity index is 988. The van der Waals surface area contributed by atoms with Gasteiger partial charge in [0.25, 0.3) is 0 Å². The van der Waals surface area contributed by atoms with Gasteiger partial charge in [-0.15, -0.1) is 0 Å². The van der Waals surface area contributed by atoms with Gasteiger partial charge in [-0.1, -0.05) is 30.7 Å². The van der Waals surface area contributed by atoms with Crippen molar-refractivity contribution in [3.05, 3.63) is 71.3 Å². The highest BCUT2D eigenvalue weighted by Crippen LogP contribution is 2.37. The van der Waals surface area contributed by atoms with Crippen molar-refractivity contribution in [2.75, 3.05) is 6.54 Å². The molecule has 170 valence electrons. The molecule has 0 spiro atoms. The van der Waals surface area contributed by atoms with E-state index in [0.29, 0.717) is 24.1 Å². The van der Waals surface area contributed by atoms with Crippen molar-refractivity contribution in [3.8, 4) is 0 Å². The van der Waals surface area contributed by atoms with Gasteiger partial charge in [0, 0.05) is 12.0 Å². The third-order valence-corrected chi connectivity index (χ3v) is 6.03. The van der Waals surface area contributed by atoms with E-state index in [-0.39, 0.29) is 25.3 Å². The molecule has 0 bridgehead atoms. The molecule has 4 nitrogen and oxygen atoms in total. The maximum absolute atomic E-state index is 13.4. The molecule has 1 fully saturated rings. The predicted molar refractivity (Wildman–Crippen MR) is 109 cm³/mol. The first-order valence-electron chi connectivity index (χ1n) is 10.5. The molecule has 0 radical (unpaired) electrons. The Labute approximate surface area is 182 Å². The molecule has 2 amide bonds. The van der Waals surface area contributed by atoms with Gasteiger partial charge < -0.3 is 5.32 Å². The average Bonchev–Trinajstić information content (AvgIpc) is 3.20. The van der Waals surface area contributed by atoms with Crippen LogP contribution in [0.15, 0.2) is 53.6 Å². The molecule has 1 heterocycles. The number of hydrogen-bond donors (Lipinski definition) is 1. The Kier molecular flexibility index (Phi) is 6.17. The van der Waals surface area contributed by atoms with Crippen molar-refractivity contribution >= 4 is 11.7 Å². The maximum atomic E-state index is 13.4. The highest BCUT2D eigenvalue weighted by Gasteiger charge is 2.43. The minimum atomic E-state index is -4.28. The zero-order valence-electron chi connectivity index (χ0n) is 17.1. The van der Waals surface area contributed by atoms with Crippen molar-refractivity contribution in [2.24, 2.45) is 11.0 Å². The zero-order valence-corrected chi connectivity index (χ0v) is 17.1. The van der Waals surface area contributed by atoms with E-state index < -0.39 is 35.8 Å². The molecule has 4 rings (SSSR count). The largest absolute Gasteiger partial charge is 0.391 e. The molecule has 1 N–H and O–H groups in total. The standard InChI is InChI=1S/C23H22F5N3O/c24-17-8-4-14(5-9-17)20-13-31(30-21(20)15-6-10-18(25)11-7-15)22(32)29-19-3-1-2-16(12-19)23(26,27)28/h4-11,16,19-20H,1-3,12-13H2,(H,29,32). The molecule has 1 aliphatic carbocycles. The molecule has 2 aromatic rings. The Morgan fingerprint density at radius 1 is 0.969 bits per heavy atom. The zero-order chi connectivity index (χ0) is 22.9. The fraction of sp³-hybridized carbons (Fsp3) is 0.391. The predicted octanol–water partition coefficient (Wildman–Crippen LogP) is 5.60. The van der Waals surface area contributed by atoms with E-state index in [1.54, 1.807) is 24.3 Å². The van der Waals surface area contributed by atoms with E-state index in [1.807, 2.05) is 0 Å². The molecular formula is C23H22F5N3O. The van der Waals surface area contributed by atoms with Crippen LogP contribution in [-0.2, 0) is 0 Å². The number of urea groups is 1. The number of nitrogens with zero attached hydrogens (tertiary/aromatic N) is 2. The van der Waals surface area contributed by atoms with Gasteiger partial charge in [0.05, 0.1) is 18.2 Å². The topological polar surface area (TPSA) is 44.7 Å². The third kappa shape index (κ3) is 4.92. The normalized spacial score (nSPS) is 23.7. The summed E-state index contributed by atoms with van der Waals surface area (Å²) in [5.74, 6) is -2.64. The highest BCUT2D eigenvalue weighted by molar-refractivity contribution is 6.07. The molecule has 2 aromatic carbocycles. The Balaban J connectivity index is 1.54. The lowest BCUT2D eigenvalue weighted by atomic mass is 9.85. The third-order valence-electron chi connectivity index (χ3n) is 6.03. The molecule has 0 saturated heterocycles. The van der Waals surface area contributed by atoms with Crippen LogP contribution in [-0.4, -0.2) is 35.5 Å². The Morgan fingerprint density at radius 2 is 1.59 bits per heavy atom. The molecule has 3 unspecified atom stereocenters. The maximum Gasteiger partial charge on any atom is 0.391 e. The van der Waals surface area contributed by atoms with Crippen LogP contribution in [0.2, 0.25) is 0 Å². The average molecular weight is 451 g/mol. The van der Waals surface area contributed by atoms with Crippen molar-refractivity contribution in [1.82, 2.24) is 10.3 Å². The molecule has 3 atom stereocenters. The minimum Gasteiger partial charge on any atom is -0.334 e. The number of nitrogens with one attached hydrogen (secondary N) is 1. The van der Waals surface area contributed by atoms with Gasteiger partial charge in [-0.2, -0.15) is 18.3 Å². The second-order valence-corrected chi connectivity index (χ2v) is 8.23. The second-order valence-electron chi connectivity index (χ2n) is 8.23. The van der Waals surface area contributed by atoms with Gasteiger partial charge in [-0.3, -0.25) is 0 Å². The summed E-state index contributed by atoms with van der Waals surface area (Å²) in [5.41, 5.74) is 1.83. The lowest BCUT2D eigenvalue weighted by Gasteiger charge is -2.31. The minimum absolute atomic E-state index is 0.0685. The van der Waals surface area contributed by atoms with E-state index in [0.717, 1.165) is 5.56 Å². The summed E-state index contributed by atoms with van der Waals surface area (Å²) >= 11 is 0. The van der Waals surface area contributed by atoms with Crippen molar-refractivity contribution in [2.45, 2.75) is 43.8 Å². The van der Waals surface area contributed by atoms with Gasteiger partial charge in [0.2, 0.25) is 0 Å². The Morgan fingerprint density at radius 3 is 2.22 bits per heavy atom. The van der Waals surface area contributed by atoms with Gasteiger partial charge in [0.1, 0.15) is 11.6 Å². The quantitative estimate of drug-likeness (QED) is 0.607. The number of hydrazone groups is 1. The summed E-state index contributed by atoms with van der Waals surface area (Å²) in [6.07, 6.45) is -3.50. The smallest absolute Gasteiger partial charge is 0.334 e. The summed E-state index contributed by atoms with van der Waals surface area (Å²) in [4.78, 5) is 12.8. The van der Waals surface area contributed by atoms with Crippen LogP contribution in [0.3, 0.4) is 0 Å². The van der Waals surface area contributed by atoms with Crippen LogP contribution >= 0.6 is 0 Å². The lowest BCUT2D eigenvalue weighted by molar-refractivity contribution is -0.183. The summed E-state index contributed by atoms with van der Waals surface area (Å²) in [6.45, 7) is 0.138. The van der Waals surface area contributed by atoms with Crippen LogP contribution in [0.1, 0.15) is 42.7 Å². The van der Waals surface area contributed by atoms with Gasteiger partial charge >= 0.3 is 12.2 Å². The SMILES string of the molecule is O=C(NC1CCCC(C(F)(F)F)C1)N1CC(c2ccc(F)cc2)C(c2ccc(F)cc2)=N1. The summed E-state index contributed by atoms with van der Waals surface area (Å²) < 4.78 is 66.0. The fourth-order valence-electron chi connectivity index (χ4n) is 4.33. The number of benzene rings is 2. The monoisotopic (exact) mass is 451 g/mol. The molecule has 32 heavy (non-hydrogen) atoms. The first kappa shape index (κ1) is 22.2. The molecule has 2 aliphatic rings. The van der Waals surface area contributed by atoms with Crippen molar-refractivity contribution in [3.63, 3.8) is 0 Å². The molecule has 0 aromatic heterocycles. The first-order valence-corrected chi connectivity index (χ1v) is 10.5. The number of rotatable bonds is 3. The number of carbonyl (C=O) groups excluding carboxylic acids is 1. The number of hydrogen-bond acceptors (Lipinski definition) is 2. The van der Waals surface area contributed by atoms with Crippen LogP contribution in [0.4, 0.5) is 26.7 Å². The van der Waals surface area contributed by atoms with E-state index in [4.69, 9.17) is 0 Å². The number of carbonyl (C=O) groups is 1. The van der Waals surface area contributed by atoms with Crippen molar-refractivity contribution < 1.29 is 26.7 Å². The lowest BCUT2D eigenvalue weighted by Crippen LogP contribution is -2.45. The summed E-state index contributed by atoms with van der Waals surface area (Å²) in [6, 6.07) is 10.3. The number of halogens is 5. The summed E-state index contributed by atoms with van der Waals surface area (Å²) in [7, 11) is 0. The van der Waals surface area contributed by atoms with Crippen LogP contribution in [0, 0.1) is 17.6 Å². The molecular weight excluding hydrogens is 429 g/mol. The van der Waals surface area contributed by atoms with Gasteiger partial charge in [-0.05, 0) is 54.7 Å². The second kappa shape index (κ2) is 8.88. The Hall–Kier alpha value is -2.97. The number of alkyl halides is 3. The van der Waals surface area contributed by atoms with E-state index >= 15 is 0 Å². The van der Waals surface area contributed by atoms with Crippen LogP contribution in [0.25, 0.3) is 0 Å². The highest BCUT2D eigenvalue weighted by atomic mass is 19.4. The van der Waals surface area contributed by atoms with Gasteiger partial charge in [-0.25, -0.2) is 18.6 Å². The van der Waals surface area contributed by atoms with E-state index in [9.17, 15) is 26.7 Å². The van der Waals surface area contributed by atoms with Crippen LogP contribution in [0.5, 0.6) is 0 Å². The molecule has 1 aliphatic heterocycles. The molecule has 1 saturated carbocycles. The van der Waals surface area contributed by atoms with Gasteiger partial charge in [0.15, 0.2) is 0 Å². The fourth-order valence-corrected chi connectivity index (χ4v) is 4.33. The number of amides is 2. The molecule has 9 heteroatoms. The van der Waals surface area contributed by atoms with Crippen molar-refractivity contribution in [1.29, 1.82) is 0 Å².